The van der Waals surface area contributed by atoms with E-state index in [1.54, 1.807) is 11.3 Å². The van der Waals surface area contributed by atoms with Gasteiger partial charge < -0.3 is 0 Å². The van der Waals surface area contributed by atoms with Crippen LogP contribution < -0.4 is 0 Å². The molecule has 0 atom stereocenters. The largest absolute Gasteiger partial charge is 0.235 e. The van der Waals surface area contributed by atoms with Gasteiger partial charge in [-0.2, -0.15) is 0 Å². The fraction of sp³-hybridized carbons (Fsp3) is 0. The molecule has 1 aromatic carbocycles. The van der Waals surface area contributed by atoms with Gasteiger partial charge in [0.1, 0.15) is 5.15 Å². The molecule has 0 aliphatic heterocycles. The second-order valence-corrected chi connectivity index (χ2v) is 4.36. The molecule has 68 valence electrons. The summed E-state index contributed by atoms with van der Waals surface area (Å²) in [4.78, 5) is 4.35. The van der Waals surface area contributed by atoms with Crippen LogP contribution in [0, 0.1) is 0 Å². The highest BCUT2D eigenvalue weighted by atomic mass is 35.5. The lowest BCUT2D eigenvalue weighted by Gasteiger charge is -1.99. The van der Waals surface area contributed by atoms with Crippen LogP contribution in [-0.2, 0) is 0 Å². The van der Waals surface area contributed by atoms with Crippen molar-refractivity contribution in [1.29, 1.82) is 0 Å². The SMILES string of the molecule is Clc1nc2ccccc2c2sccc12. The molecule has 3 rings (SSSR count). The van der Waals surface area contributed by atoms with E-state index >= 15 is 0 Å². The Morgan fingerprint density at radius 3 is 2.86 bits per heavy atom. The lowest BCUT2D eigenvalue weighted by Crippen LogP contribution is -1.79. The summed E-state index contributed by atoms with van der Waals surface area (Å²) in [5.74, 6) is 0. The Morgan fingerprint density at radius 1 is 1.07 bits per heavy atom. The number of nitrogens with zero attached hydrogens (tertiary/aromatic N) is 1. The maximum Gasteiger partial charge on any atom is 0.138 e. The minimum atomic E-state index is 0.597. The number of fused-ring (bicyclic) bond motifs is 3. The molecule has 0 saturated carbocycles. The Labute approximate surface area is 90.0 Å². The van der Waals surface area contributed by atoms with E-state index < -0.39 is 0 Å². The molecular weight excluding hydrogens is 214 g/mol. The molecule has 0 N–H and O–H groups in total. The Kier molecular flexibility index (Phi) is 1.72. The zero-order valence-corrected chi connectivity index (χ0v) is 8.77. The zero-order valence-electron chi connectivity index (χ0n) is 7.20. The molecule has 0 amide bonds. The van der Waals surface area contributed by atoms with Crippen molar-refractivity contribution in [3.63, 3.8) is 0 Å². The molecule has 0 radical (unpaired) electrons. The van der Waals surface area contributed by atoms with E-state index in [-0.39, 0.29) is 0 Å². The Balaban J connectivity index is 2.66. The van der Waals surface area contributed by atoms with Gasteiger partial charge in [-0.15, -0.1) is 11.3 Å². The van der Waals surface area contributed by atoms with Gasteiger partial charge in [-0.3, -0.25) is 0 Å². The number of hydrogen-bond acceptors (Lipinski definition) is 2. The number of thiophene rings is 1. The van der Waals surface area contributed by atoms with E-state index in [2.05, 4.69) is 11.1 Å². The topological polar surface area (TPSA) is 12.9 Å². The molecule has 0 spiro atoms. The van der Waals surface area contributed by atoms with Crippen LogP contribution in [-0.4, -0.2) is 4.98 Å². The number of pyridine rings is 1. The first kappa shape index (κ1) is 8.21. The number of rotatable bonds is 0. The molecule has 1 nitrogen and oxygen atoms in total. The smallest absolute Gasteiger partial charge is 0.138 e. The van der Waals surface area contributed by atoms with Gasteiger partial charge in [-0.1, -0.05) is 29.8 Å². The molecule has 0 aliphatic rings. The quantitative estimate of drug-likeness (QED) is 0.519. The first-order valence-electron chi connectivity index (χ1n) is 4.28. The molecule has 0 aliphatic carbocycles. The maximum atomic E-state index is 6.07. The first-order chi connectivity index (χ1) is 6.86. The summed E-state index contributed by atoms with van der Waals surface area (Å²) in [5, 5.41) is 4.88. The van der Waals surface area contributed by atoms with Crippen molar-refractivity contribution < 1.29 is 0 Å². The Morgan fingerprint density at radius 2 is 1.93 bits per heavy atom. The zero-order chi connectivity index (χ0) is 9.54. The van der Waals surface area contributed by atoms with Crippen LogP contribution in [0.2, 0.25) is 5.15 Å². The highest BCUT2D eigenvalue weighted by Gasteiger charge is 2.06. The third kappa shape index (κ3) is 1.04. The molecule has 14 heavy (non-hydrogen) atoms. The van der Waals surface area contributed by atoms with Gasteiger partial charge in [0, 0.05) is 15.5 Å². The van der Waals surface area contributed by atoms with Crippen molar-refractivity contribution in [2.75, 3.05) is 0 Å². The lowest BCUT2D eigenvalue weighted by atomic mass is 10.2. The minimum Gasteiger partial charge on any atom is -0.235 e. The fourth-order valence-corrected chi connectivity index (χ4v) is 2.85. The van der Waals surface area contributed by atoms with E-state index in [1.807, 2.05) is 29.6 Å². The molecule has 0 bridgehead atoms. The van der Waals surface area contributed by atoms with Crippen LogP contribution in [0.4, 0.5) is 0 Å². The van der Waals surface area contributed by atoms with Crippen LogP contribution in [0.5, 0.6) is 0 Å². The molecule has 2 aromatic heterocycles. The molecular formula is C11H6ClNS. The minimum absolute atomic E-state index is 0.597. The van der Waals surface area contributed by atoms with Crippen molar-refractivity contribution >= 4 is 43.9 Å². The van der Waals surface area contributed by atoms with Crippen LogP contribution >= 0.6 is 22.9 Å². The van der Waals surface area contributed by atoms with Crippen LogP contribution in [0.1, 0.15) is 0 Å². The third-order valence-corrected chi connectivity index (χ3v) is 3.49. The van der Waals surface area contributed by atoms with Crippen molar-refractivity contribution in [3.05, 3.63) is 40.9 Å². The molecule has 0 saturated heterocycles. The van der Waals surface area contributed by atoms with E-state index in [0.29, 0.717) is 5.15 Å². The molecule has 3 heteroatoms. The second kappa shape index (κ2) is 2.94. The molecule has 0 fully saturated rings. The van der Waals surface area contributed by atoms with Gasteiger partial charge in [0.25, 0.3) is 0 Å². The Hall–Kier alpha value is -1.12. The highest BCUT2D eigenvalue weighted by molar-refractivity contribution is 7.18. The average Bonchev–Trinajstić information content (AvgIpc) is 2.67. The van der Waals surface area contributed by atoms with E-state index in [1.165, 1.54) is 10.1 Å². The van der Waals surface area contributed by atoms with Gasteiger partial charge in [0.15, 0.2) is 0 Å². The number of hydrogen-bond donors (Lipinski definition) is 0. The normalized spacial score (nSPS) is 11.2. The fourth-order valence-electron chi connectivity index (χ4n) is 1.61. The van der Waals surface area contributed by atoms with Crippen molar-refractivity contribution in [2.45, 2.75) is 0 Å². The predicted octanol–water partition coefficient (Wildman–Crippen LogP) is 4.10. The summed E-state index contributed by atoms with van der Waals surface area (Å²) in [6, 6.07) is 10.1. The number of halogens is 1. The number of para-hydroxylation sites is 1. The molecule has 0 unspecified atom stereocenters. The van der Waals surface area contributed by atoms with Crippen LogP contribution in [0.3, 0.4) is 0 Å². The van der Waals surface area contributed by atoms with E-state index in [4.69, 9.17) is 11.6 Å². The highest BCUT2D eigenvalue weighted by Crippen LogP contribution is 2.32. The van der Waals surface area contributed by atoms with Gasteiger partial charge in [0.2, 0.25) is 0 Å². The summed E-state index contributed by atoms with van der Waals surface area (Å²) in [5.41, 5.74) is 0.965. The average molecular weight is 220 g/mol. The lowest BCUT2D eigenvalue weighted by molar-refractivity contribution is 1.45. The van der Waals surface area contributed by atoms with E-state index in [0.717, 1.165) is 10.9 Å². The molecule has 3 aromatic rings. The van der Waals surface area contributed by atoms with Gasteiger partial charge >= 0.3 is 0 Å². The summed E-state index contributed by atoms with van der Waals surface area (Å²) in [6.07, 6.45) is 0. The summed E-state index contributed by atoms with van der Waals surface area (Å²) in [6.45, 7) is 0. The van der Waals surface area contributed by atoms with Gasteiger partial charge in [0.05, 0.1) is 5.52 Å². The summed E-state index contributed by atoms with van der Waals surface area (Å²) < 4.78 is 1.22. The van der Waals surface area contributed by atoms with Gasteiger partial charge in [-0.05, 0) is 17.5 Å². The Bertz CT molecular complexity index is 615. The summed E-state index contributed by atoms with van der Waals surface area (Å²) >= 11 is 7.78. The third-order valence-electron chi connectivity index (χ3n) is 2.25. The summed E-state index contributed by atoms with van der Waals surface area (Å²) in [7, 11) is 0. The number of benzene rings is 1. The monoisotopic (exact) mass is 219 g/mol. The first-order valence-corrected chi connectivity index (χ1v) is 5.53. The second-order valence-electron chi connectivity index (χ2n) is 3.08. The van der Waals surface area contributed by atoms with Crippen LogP contribution in [0.25, 0.3) is 21.0 Å². The van der Waals surface area contributed by atoms with Gasteiger partial charge in [-0.25, -0.2) is 4.98 Å². The van der Waals surface area contributed by atoms with Crippen LogP contribution in [0.15, 0.2) is 35.7 Å². The van der Waals surface area contributed by atoms with Crippen molar-refractivity contribution in [2.24, 2.45) is 0 Å². The van der Waals surface area contributed by atoms with E-state index in [9.17, 15) is 0 Å². The standard InChI is InChI=1S/C11H6ClNS/c12-11-8-5-6-14-10(8)7-3-1-2-4-9(7)13-11/h1-6H. The maximum absolute atomic E-state index is 6.07. The predicted molar refractivity (Wildman–Crippen MR) is 62.1 cm³/mol. The van der Waals surface area contributed by atoms with Crippen molar-refractivity contribution in [3.8, 4) is 0 Å². The molecule has 2 heterocycles. The van der Waals surface area contributed by atoms with Crippen molar-refractivity contribution in [1.82, 2.24) is 4.98 Å². The number of aromatic nitrogens is 1.